The van der Waals surface area contributed by atoms with E-state index in [9.17, 15) is 19.8 Å². The Balaban J connectivity index is 1.56. The van der Waals surface area contributed by atoms with Gasteiger partial charge in [0.25, 0.3) is 0 Å². The van der Waals surface area contributed by atoms with Crippen LogP contribution in [0.5, 0.6) is 28.7 Å². The number of hydrogen-bond donors (Lipinski definition) is 2. The summed E-state index contributed by atoms with van der Waals surface area (Å²) in [5, 5.41) is 20.2. The third-order valence-corrected chi connectivity index (χ3v) is 6.12. The molecule has 8 nitrogen and oxygen atoms in total. The van der Waals surface area contributed by atoms with Crippen molar-refractivity contribution in [3.05, 3.63) is 76.1 Å². The van der Waals surface area contributed by atoms with Crippen molar-refractivity contribution in [1.82, 2.24) is 0 Å². The first kappa shape index (κ1) is 20.2. The molecule has 6 rings (SSSR count). The van der Waals surface area contributed by atoms with Crippen molar-refractivity contribution in [2.45, 2.75) is 12.3 Å². The van der Waals surface area contributed by atoms with Crippen LogP contribution >= 0.6 is 0 Å². The molecule has 8 heteroatoms. The van der Waals surface area contributed by atoms with E-state index in [1.165, 1.54) is 24.5 Å². The van der Waals surface area contributed by atoms with Crippen molar-refractivity contribution in [2.75, 3.05) is 13.2 Å². The van der Waals surface area contributed by atoms with Gasteiger partial charge in [-0.2, -0.15) is 0 Å². The molecule has 0 radical (unpaired) electrons. The molecule has 34 heavy (non-hydrogen) atoms. The number of fused-ring (bicyclic) bond motifs is 4. The van der Waals surface area contributed by atoms with Crippen molar-refractivity contribution in [3.63, 3.8) is 0 Å². The standard InChI is InChI=1S/C26H18O8/c27-15-4-1-13(2-5-15)17-12-33-26-23-16(14-3-6-19-20(9-14)32-8-7-31-19)10-22(29)34-21(23)11-18(28)24(26)25(17)30/h1-6,9,11-12,16,27-28H,7-8,10H2. The lowest BCUT2D eigenvalue weighted by Gasteiger charge is -2.27. The minimum Gasteiger partial charge on any atom is -0.508 e. The predicted octanol–water partition coefficient (Wildman–Crippen LogP) is 4.08. The van der Waals surface area contributed by atoms with Crippen LogP contribution in [0, 0.1) is 0 Å². The molecule has 1 unspecified atom stereocenters. The molecule has 0 saturated heterocycles. The number of hydrogen-bond acceptors (Lipinski definition) is 8. The van der Waals surface area contributed by atoms with Crippen LogP contribution in [-0.4, -0.2) is 29.4 Å². The zero-order valence-corrected chi connectivity index (χ0v) is 17.7. The Kier molecular flexibility index (Phi) is 4.48. The highest BCUT2D eigenvalue weighted by Gasteiger charge is 2.34. The normalized spacial score (nSPS) is 16.7. The quantitative estimate of drug-likeness (QED) is 0.341. The molecule has 1 atom stereocenters. The zero-order chi connectivity index (χ0) is 23.4. The summed E-state index contributed by atoms with van der Waals surface area (Å²) in [6.07, 6.45) is 1.34. The van der Waals surface area contributed by atoms with E-state index in [1.807, 2.05) is 12.1 Å². The predicted molar refractivity (Wildman–Crippen MR) is 121 cm³/mol. The van der Waals surface area contributed by atoms with Crippen LogP contribution < -0.4 is 19.6 Å². The average molecular weight is 458 g/mol. The molecule has 2 aliphatic rings. The molecule has 170 valence electrons. The molecule has 2 N–H and O–H groups in total. The largest absolute Gasteiger partial charge is 0.508 e. The van der Waals surface area contributed by atoms with E-state index in [4.69, 9.17) is 18.6 Å². The van der Waals surface area contributed by atoms with Gasteiger partial charge in [0.05, 0.1) is 12.0 Å². The van der Waals surface area contributed by atoms with Gasteiger partial charge >= 0.3 is 5.97 Å². The summed E-state index contributed by atoms with van der Waals surface area (Å²) >= 11 is 0. The molecule has 0 amide bonds. The topological polar surface area (TPSA) is 115 Å². The number of rotatable bonds is 2. The summed E-state index contributed by atoms with van der Waals surface area (Å²) in [7, 11) is 0. The van der Waals surface area contributed by atoms with Crippen molar-refractivity contribution in [3.8, 4) is 39.9 Å². The maximum atomic E-state index is 13.4. The molecule has 0 fully saturated rings. The third-order valence-electron chi connectivity index (χ3n) is 6.12. The molecular formula is C26H18O8. The van der Waals surface area contributed by atoms with Crippen LogP contribution in [0.25, 0.3) is 22.1 Å². The smallest absolute Gasteiger partial charge is 0.312 e. The van der Waals surface area contributed by atoms with E-state index in [0.29, 0.717) is 35.8 Å². The van der Waals surface area contributed by atoms with Gasteiger partial charge in [0, 0.05) is 17.5 Å². The highest BCUT2D eigenvalue weighted by molar-refractivity contribution is 5.94. The third kappa shape index (κ3) is 3.14. The Morgan fingerprint density at radius 2 is 1.62 bits per heavy atom. The number of esters is 1. The van der Waals surface area contributed by atoms with Gasteiger partial charge in [-0.1, -0.05) is 18.2 Å². The molecule has 0 aliphatic carbocycles. The molecule has 3 heterocycles. The summed E-state index contributed by atoms with van der Waals surface area (Å²) in [5.41, 5.74) is 1.73. The van der Waals surface area contributed by atoms with Gasteiger partial charge in [-0.15, -0.1) is 0 Å². The van der Waals surface area contributed by atoms with Gasteiger partial charge in [0.15, 0.2) is 11.5 Å². The molecule has 4 aromatic rings. The fourth-order valence-electron chi connectivity index (χ4n) is 4.53. The number of benzene rings is 3. The average Bonchev–Trinajstić information content (AvgIpc) is 2.84. The molecule has 0 saturated carbocycles. The number of carbonyl (C=O) groups is 1. The highest BCUT2D eigenvalue weighted by Crippen LogP contribution is 2.47. The Labute approximate surface area is 192 Å². The van der Waals surface area contributed by atoms with Gasteiger partial charge < -0.3 is 28.8 Å². The summed E-state index contributed by atoms with van der Waals surface area (Å²) < 4.78 is 22.6. The molecular weight excluding hydrogens is 440 g/mol. The second-order valence-corrected chi connectivity index (χ2v) is 8.17. The Morgan fingerprint density at radius 3 is 2.41 bits per heavy atom. The lowest BCUT2D eigenvalue weighted by Crippen LogP contribution is -2.22. The van der Waals surface area contributed by atoms with Crippen LogP contribution in [0.2, 0.25) is 0 Å². The van der Waals surface area contributed by atoms with Crippen LogP contribution in [0.3, 0.4) is 0 Å². The molecule has 3 aromatic carbocycles. The maximum Gasteiger partial charge on any atom is 0.312 e. The lowest BCUT2D eigenvalue weighted by atomic mass is 9.84. The summed E-state index contributed by atoms with van der Waals surface area (Å²) in [6, 6.07) is 12.8. The minimum absolute atomic E-state index is 0.00943. The first-order valence-electron chi connectivity index (χ1n) is 10.7. The van der Waals surface area contributed by atoms with E-state index in [1.54, 1.807) is 18.2 Å². The van der Waals surface area contributed by atoms with Gasteiger partial charge in [-0.25, -0.2) is 0 Å². The fraction of sp³-hybridized carbons (Fsp3) is 0.154. The first-order valence-corrected chi connectivity index (χ1v) is 10.7. The van der Waals surface area contributed by atoms with Gasteiger partial charge in [0.1, 0.15) is 47.7 Å². The number of aromatic hydroxyl groups is 2. The van der Waals surface area contributed by atoms with E-state index >= 15 is 0 Å². The molecule has 2 aliphatic heterocycles. The van der Waals surface area contributed by atoms with E-state index in [0.717, 1.165) is 5.56 Å². The van der Waals surface area contributed by atoms with Gasteiger partial charge in [0.2, 0.25) is 5.43 Å². The van der Waals surface area contributed by atoms with Crippen LogP contribution in [0.15, 0.2) is 64.0 Å². The van der Waals surface area contributed by atoms with Gasteiger partial charge in [-0.05, 0) is 35.4 Å². The second-order valence-electron chi connectivity index (χ2n) is 8.17. The maximum absolute atomic E-state index is 13.4. The number of phenolic OH excluding ortho intramolecular Hbond substituents is 2. The molecule has 0 bridgehead atoms. The monoisotopic (exact) mass is 458 g/mol. The van der Waals surface area contributed by atoms with Crippen molar-refractivity contribution < 1.29 is 33.6 Å². The zero-order valence-electron chi connectivity index (χ0n) is 17.7. The van der Waals surface area contributed by atoms with E-state index < -0.39 is 17.3 Å². The second kappa shape index (κ2) is 7.55. The van der Waals surface area contributed by atoms with Crippen LogP contribution in [0.4, 0.5) is 0 Å². The highest BCUT2D eigenvalue weighted by atomic mass is 16.6. The van der Waals surface area contributed by atoms with Crippen molar-refractivity contribution >= 4 is 16.9 Å². The van der Waals surface area contributed by atoms with Crippen LogP contribution in [-0.2, 0) is 4.79 Å². The Bertz CT molecular complexity index is 1520. The summed E-state index contributed by atoms with van der Waals surface area (Å²) in [5.74, 6) is 0.0973. The first-order chi connectivity index (χ1) is 16.5. The number of ether oxygens (including phenoxy) is 3. The SMILES string of the molecule is O=C1CC(c2ccc3c(c2)OCCO3)c2c(cc(O)c3c(=O)c(-c4ccc(O)cc4)coc23)O1. The number of carbonyl (C=O) groups excluding carboxylic acids is 1. The van der Waals surface area contributed by atoms with Crippen molar-refractivity contribution in [2.24, 2.45) is 0 Å². The van der Waals surface area contributed by atoms with Crippen LogP contribution in [0.1, 0.15) is 23.5 Å². The van der Waals surface area contributed by atoms with E-state index in [-0.39, 0.29) is 40.2 Å². The summed E-state index contributed by atoms with van der Waals surface area (Å²) in [4.78, 5) is 25.8. The number of phenols is 2. The van der Waals surface area contributed by atoms with E-state index in [2.05, 4.69) is 0 Å². The summed E-state index contributed by atoms with van der Waals surface area (Å²) in [6.45, 7) is 0.884. The lowest BCUT2D eigenvalue weighted by molar-refractivity contribution is -0.135. The fourth-order valence-corrected chi connectivity index (χ4v) is 4.53. The van der Waals surface area contributed by atoms with Crippen molar-refractivity contribution in [1.29, 1.82) is 0 Å². The molecule has 1 aromatic heterocycles. The van der Waals surface area contributed by atoms with Gasteiger partial charge in [-0.3, -0.25) is 9.59 Å². The Hall–Kier alpha value is -4.46. The molecule has 0 spiro atoms. The Morgan fingerprint density at radius 1 is 0.853 bits per heavy atom. The minimum atomic E-state index is -0.488.